The molecule has 2 aliphatic heterocycles. The summed E-state index contributed by atoms with van der Waals surface area (Å²) in [5, 5.41) is 14.8. The van der Waals surface area contributed by atoms with Gasteiger partial charge in [-0.3, -0.25) is 10.1 Å². The molecule has 0 saturated carbocycles. The van der Waals surface area contributed by atoms with Gasteiger partial charge in [0.05, 0.1) is 4.92 Å². The van der Waals surface area contributed by atoms with Crippen molar-refractivity contribution in [3.8, 4) is 0 Å². The molecule has 2 aliphatic rings. The van der Waals surface area contributed by atoms with Crippen LogP contribution >= 0.6 is 0 Å². The number of piperidine rings is 1. The smallest absolute Gasteiger partial charge is 0.292 e. The molecule has 0 amide bonds. The lowest BCUT2D eigenvalue weighted by molar-refractivity contribution is -0.384. The normalized spacial score (nSPS) is 26.7. The molecule has 1 N–H and O–H groups in total. The van der Waals surface area contributed by atoms with Gasteiger partial charge in [0.1, 0.15) is 5.69 Å². The first-order valence-corrected chi connectivity index (χ1v) is 7.51. The highest BCUT2D eigenvalue weighted by atomic mass is 16.6. The van der Waals surface area contributed by atoms with E-state index in [4.69, 9.17) is 0 Å². The molecule has 2 fully saturated rings. The van der Waals surface area contributed by atoms with E-state index >= 15 is 0 Å². The number of nitro benzene ring substituents is 1. The highest BCUT2D eigenvalue weighted by Crippen LogP contribution is 2.34. The number of hydrogen-bond acceptors (Lipinski definition) is 4. The Hall–Kier alpha value is -1.62. The van der Waals surface area contributed by atoms with Crippen molar-refractivity contribution in [1.29, 1.82) is 0 Å². The Balaban J connectivity index is 1.91. The second kappa shape index (κ2) is 5.79. The van der Waals surface area contributed by atoms with Gasteiger partial charge in [-0.05, 0) is 44.7 Å². The van der Waals surface area contributed by atoms with Gasteiger partial charge in [-0.25, -0.2) is 0 Å². The summed E-state index contributed by atoms with van der Waals surface area (Å²) in [6.45, 7) is 2.00. The molecule has 5 heteroatoms. The molecule has 2 heterocycles. The number of nitrogens with zero attached hydrogens (tertiary/aromatic N) is 2. The van der Waals surface area contributed by atoms with Crippen molar-refractivity contribution in [2.24, 2.45) is 0 Å². The Morgan fingerprint density at radius 2 is 2.05 bits per heavy atom. The molecule has 1 aromatic rings. The summed E-state index contributed by atoms with van der Waals surface area (Å²) >= 11 is 0. The topological polar surface area (TPSA) is 58.4 Å². The van der Waals surface area contributed by atoms with E-state index in [2.05, 4.69) is 10.2 Å². The van der Waals surface area contributed by atoms with Gasteiger partial charge in [-0.2, -0.15) is 0 Å². The molecule has 2 unspecified atom stereocenters. The van der Waals surface area contributed by atoms with Crippen LogP contribution in [0.5, 0.6) is 0 Å². The second-order valence-corrected chi connectivity index (χ2v) is 5.71. The number of hydrogen-bond donors (Lipinski definition) is 1. The summed E-state index contributed by atoms with van der Waals surface area (Å²) < 4.78 is 0. The van der Waals surface area contributed by atoms with Gasteiger partial charge in [-0.1, -0.05) is 12.1 Å². The fraction of sp³-hybridized carbons (Fsp3) is 0.600. The highest BCUT2D eigenvalue weighted by Gasteiger charge is 2.34. The molecule has 2 saturated heterocycles. The molecular formula is C15H21N3O2. The third-order valence-corrected chi connectivity index (χ3v) is 4.50. The zero-order chi connectivity index (χ0) is 13.9. The second-order valence-electron chi connectivity index (χ2n) is 5.71. The number of rotatable bonds is 3. The van der Waals surface area contributed by atoms with Gasteiger partial charge >= 0.3 is 0 Å². The number of para-hydroxylation sites is 2. The first-order valence-electron chi connectivity index (χ1n) is 7.51. The van der Waals surface area contributed by atoms with Gasteiger partial charge in [0.25, 0.3) is 5.69 Å². The van der Waals surface area contributed by atoms with E-state index < -0.39 is 0 Å². The highest BCUT2D eigenvalue weighted by molar-refractivity contribution is 5.64. The molecule has 5 nitrogen and oxygen atoms in total. The Morgan fingerprint density at radius 3 is 2.80 bits per heavy atom. The van der Waals surface area contributed by atoms with E-state index in [0.717, 1.165) is 31.6 Å². The summed E-state index contributed by atoms with van der Waals surface area (Å²) in [6.07, 6.45) is 5.87. The van der Waals surface area contributed by atoms with Crippen LogP contribution in [0.2, 0.25) is 0 Å². The zero-order valence-electron chi connectivity index (χ0n) is 11.6. The van der Waals surface area contributed by atoms with Crippen molar-refractivity contribution in [2.45, 2.75) is 44.2 Å². The Morgan fingerprint density at radius 1 is 1.20 bits per heavy atom. The minimum absolute atomic E-state index is 0.234. The largest absolute Gasteiger partial charge is 0.361 e. The third kappa shape index (κ3) is 2.50. The van der Waals surface area contributed by atoms with Crippen LogP contribution in [0.3, 0.4) is 0 Å². The van der Waals surface area contributed by atoms with E-state index in [1.165, 1.54) is 19.3 Å². The third-order valence-electron chi connectivity index (χ3n) is 4.50. The fourth-order valence-electron chi connectivity index (χ4n) is 3.58. The number of nitrogens with one attached hydrogen (secondary N) is 1. The van der Waals surface area contributed by atoms with Crippen molar-refractivity contribution in [3.63, 3.8) is 0 Å². The molecular weight excluding hydrogens is 254 g/mol. The standard InChI is InChI=1S/C15H21N3O2/c19-18(20)15-9-2-1-8-14(15)17-11-4-3-7-13(17)12-6-5-10-16-12/h1-2,8-9,12-13,16H,3-7,10-11H2. The van der Waals surface area contributed by atoms with Crippen LogP contribution in [0.15, 0.2) is 24.3 Å². The van der Waals surface area contributed by atoms with Crippen LogP contribution < -0.4 is 10.2 Å². The van der Waals surface area contributed by atoms with Crippen LogP contribution in [0.4, 0.5) is 11.4 Å². The molecule has 20 heavy (non-hydrogen) atoms. The predicted molar refractivity (Wildman–Crippen MR) is 79.1 cm³/mol. The molecule has 0 bridgehead atoms. The lowest BCUT2D eigenvalue weighted by Gasteiger charge is -2.40. The lowest BCUT2D eigenvalue weighted by Crippen LogP contribution is -2.50. The van der Waals surface area contributed by atoms with Crippen molar-refractivity contribution < 1.29 is 4.92 Å². The summed E-state index contributed by atoms with van der Waals surface area (Å²) in [6, 6.07) is 8.03. The molecule has 0 aromatic heterocycles. The van der Waals surface area contributed by atoms with Gasteiger partial charge in [-0.15, -0.1) is 0 Å². The first-order chi connectivity index (χ1) is 9.77. The van der Waals surface area contributed by atoms with Crippen LogP contribution in [-0.2, 0) is 0 Å². The maximum absolute atomic E-state index is 11.3. The van der Waals surface area contributed by atoms with Crippen molar-refractivity contribution in [3.05, 3.63) is 34.4 Å². The number of anilines is 1. The van der Waals surface area contributed by atoms with Crippen LogP contribution in [0.1, 0.15) is 32.1 Å². The van der Waals surface area contributed by atoms with E-state index in [1.54, 1.807) is 12.1 Å². The average molecular weight is 275 g/mol. The summed E-state index contributed by atoms with van der Waals surface area (Å²) in [5.74, 6) is 0. The fourth-order valence-corrected chi connectivity index (χ4v) is 3.58. The Kier molecular flexibility index (Phi) is 3.87. The van der Waals surface area contributed by atoms with Gasteiger partial charge < -0.3 is 10.2 Å². The van der Waals surface area contributed by atoms with Crippen LogP contribution in [0, 0.1) is 10.1 Å². The van der Waals surface area contributed by atoms with E-state index in [9.17, 15) is 10.1 Å². The van der Waals surface area contributed by atoms with E-state index in [0.29, 0.717) is 12.1 Å². The minimum Gasteiger partial charge on any atom is -0.361 e. The van der Waals surface area contributed by atoms with Gasteiger partial charge in [0.2, 0.25) is 0 Å². The Bertz CT molecular complexity index is 486. The Labute approximate surface area is 119 Å². The summed E-state index contributed by atoms with van der Waals surface area (Å²) in [4.78, 5) is 13.3. The number of benzene rings is 1. The molecule has 3 rings (SSSR count). The monoisotopic (exact) mass is 275 g/mol. The minimum atomic E-state index is -0.261. The van der Waals surface area contributed by atoms with Gasteiger partial charge in [0.15, 0.2) is 0 Å². The maximum Gasteiger partial charge on any atom is 0.292 e. The van der Waals surface area contributed by atoms with Gasteiger partial charge in [0, 0.05) is 24.7 Å². The SMILES string of the molecule is O=[N+]([O-])c1ccccc1N1CCCCC1C1CCCN1. The maximum atomic E-state index is 11.3. The summed E-state index contributed by atoms with van der Waals surface area (Å²) in [5.41, 5.74) is 1.02. The average Bonchev–Trinajstić information content (AvgIpc) is 3.01. The van der Waals surface area contributed by atoms with E-state index in [1.807, 2.05) is 12.1 Å². The molecule has 1 aromatic carbocycles. The number of nitro groups is 1. The molecule has 0 radical (unpaired) electrons. The quantitative estimate of drug-likeness (QED) is 0.680. The first kappa shape index (κ1) is 13.4. The zero-order valence-corrected chi connectivity index (χ0v) is 11.6. The molecule has 0 aliphatic carbocycles. The molecule has 108 valence electrons. The lowest BCUT2D eigenvalue weighted by atomic mass is 9.93. The molecule has 2 atom stereocenters. The molecule has 0 spiro atoms. The van der Waals surface area contributed by atoms with Crippen molar-refractivity contribution in [2.75, 3.05) is 18.0 Å². The van der Waals surface area contributed by atoms with Crippen molar-refractivity contribution in [1.82, 2.24) is 5.32 Å². The van der Waals surface area contributed by atoms with Crippen molar-refractivity contribution >= 4 is 11.4 Å². The summed E-state index contributed by atoms with van der Waals surface area (Å²) in [7, 11) is 0. The van der Waals surface area contributed by atoms with Crippen LogP contribution in [0.25, 0.3) is 0 Å². The van der Waals surface area contributed by atoms with Crippen LogP contribution in [-0.4, -0.2) is 30.1 Å². The van der Waals surface area contributed by atoms with E-state index in [-0.39, 0.29) is 10.6 Å². The predicted octanol–water partition coefficient (Wildman–Crippen LogP) is 2.71.